The Morgan fingerprint density at radius 2 is 1.91 bits per heavy atom. The molecule has 1 aromatic carbocycles. The third-order valence-electron chi connectivity index (χ3n) is 5.70. The molecule has 32 heavy (non-hydrogen) atoms. The lowest BCUT2D eigenvalue weighted by molar-refractivity contribution is -0.116. The maximum atomic E-state index is 12.9. The van der Waals surface area contributed by atoms with E-state index in [1.807, 2.05) is 16.8 Å². The molecule has 0 unspecified atom stereocenters. The molecule has 4 rings (SSSR count). The van der Waals surface area contributed by atoms with Crippen LogP contribution in [0, 0.1) is 0 Å². The minimum atomic E-state index is -3.55. The Labute approximate surface area is 191 Å². The van der Waals surface area contributed by atoms with E-state index in [1.54, 1.807) is 30.5 Å². The van der Waals surface area contributed by atoms with Gasteiger partial charge < -0.3 is 9.73 Å². The molecule has 3 aromatic rings. The van der Waals surface area contributed by atoms with Crippen LogP contribution in [0.4, 0.5) is 5.69 Å². The number of carbonyl (C=O) groups is 1. The van der Waals surface area contributed by atoms with Crippen molar-refractivity contribution in [3.8, 4) is 11.5 Å². The van der Waals surface area contributed by atoms with Gasteiger partial charge in [0.1, 0.15) is 0 Å². The third kappa shape index (κ3) is 5.25. The zero-order valence-corrected chi connectivity index (χ0v) is 19.5. The number of thiophene rings is 1. The van der Waals surface area contributed by atoms with Gasteiger partial charge in [-0.2, -0.15) is 15.6 Å². The van der Waals surface area contributed by atoms with Crippen molar-refractivity contribution >= 4 is 33.0 Å². The van der Waals surface area contributed by atoms with Crippen LogP contribution in [0.3, 0.4) is 0 Å². The van der Waals surface area contributed by atoms with Crippen LogP contribution >= 0.6 is 11.3 Å². The number of anilines is 1. The van der Waals surface area contributed by atoms with Crippen LogP contribution in [0.25, 0.3) is 11.5 Å². The molecule has 1 fully saturated rings. The van der Waals surface area contributed by atoms with E-state index >= 15 is 0 Å². The van der Waals surface area contributed by atoms with Crippen molar-refractivity contribution in [2.24, 2.45) is 0 Å². The predicted octanol–water partition coefficient (Wildman–Crippen LogP) is 4.32. The molecular formula is C22H26N4O4S2. The number of sulfonamides is 1. The minimum absolute atomic E-state index is 0.0538. The molecule has 1 N–H and O–H groups in total. The highest BCUT2D eigenvalue weighted by molar-refractivity contribution is 7.89. The first kappa shape index (κ1) is 22.6. The summed E-state index contributed by atoms with van der Waals surface area (Å²) in [5.74, 6) is 0.625. The summed E-state index contributed by atoms with van der Waals surface area (Å²) >= 11 is 1.54. The smallest absolute Gasteiger partial charge is 0.248 e. The second-order valence-electron chi connectivity index (χ2n) is 7.90. The molecule has 0 spiro atoms. The Morgan fingerprint density at radius 1 is 1.16 bits per heavy atom. The molecule has 10 heteroatoms. The molecule has 1 amide bonds. The zero-order valence-electron chi connectivity index (χ0n) is 17.9. The van der Waals surface area contributed by atoms with Crippen LogP contribution in [0.2, 0.25) is 0 Å². The quantitative estimate of drug-likeness (QED) is 0.521. The fourth-order valence-corrected chi connectivity index (χ4v) is 5.86. The number of nitrogens with one attached hydrogen (secondary N) is 1. The van der Waals surface area contributed by atoms with Gasteiger partial charge in [0.25, 0.3) is 0 Å². The summed E-state index contributed by atoms with van der Waals surface area (Å²) in [5.41, 5.74) is 1.40. The number of aromatic nitrogens is 2. The maximum Gasteiger partial charge on any atom is 0.248 e. The average molecular weight is 475 g/mol. The van der Waals surface area contributed by atoms with Crippen molar-refractivity contribution in [2.45, 2.75) is 55.9 Å². The SMILES string of the molecule is CN(C1CCCCC1)S(=O)(=O)c1ccc(NC(=O)CCc2nnc(-c3ccsc3)o2)cc1. The lowest BCUT2D eigenvalue weighted by Gasteiger charge is -2.30. The lowest BCUT2D eigenvalue weighted by Crippen LogP contribution is -2.38. The van der Waals surface area contributed by atoms with Gasteiger partial charge >= 0.3 is 0 Å². The molecule has 0 bridgehead atoms. The fraction of sp³-hybridized carbons (Fsp3) is 0.409. The van der Waals surface area contributed by atoms with E-state index in [-0.39, 0.29) is 23.3 Å². The number of amides is 1. The van der Waals surface area contributed by atoms with Crippen molar-refractivity contribution in [3.05, 3.63) is 47.0 Å². The number of carbonyl (C=O) groups excluding carboxylic acids is 1. The lowest BCUT2D eigenvalue weighted by atomic mass is 9.96. The molecule has 0 radical (unpaired) electrons. The predicted molar refractivity (Wildman–Crippen MR) is 123 cm³/mol. The van der Waals surface area contributed by atoms with Gasteiger partial charge in [0, 0.05) is 42.6 Å². The summed E-state index contributed by atoms with van der Waals surface area (Å²) in [6.45, 7) is 0. The van der Waals surface area contributed by atoms with Gasteiger partial charge in [0.05, 0.1) is 4.90 Å². The first-order valence-corrected chi connectivity index (χ1v) is 13.0. The molecule has 0 atom stereocenters. The van der Waals surface area contributed by atoms with Crippen molar-refractivity contribution in [3.63, 3.8) is 0 Å². The number of rotatable bonds is 8. The molecule has 1 aliphatic carbocycles. The van der Waals surface area contributed by atoms with E-state index in [1.165, 1.54) is 22.9 Å². The second kappa shape index (κ2) is 9.93. The topological polar surface area (TPSA) is 105 Å². The Kier molecular flexibility index (Phi) is 7.02. The summed E-state index contributed by atoms with van der Waals surface area (Å²) in [4.78, 5) is 12.5. The standard InChI is InChI=1S/C22H26N4O4S2/c1-26(18-5-3-2-4-6-18)32(28,29)19-9-7-17(8-10-19)23-20(27)11-12-21-24-25-22(30-21)16-13-14-31-15-16/h7-10,13-15,18H,2-6,11-12H2,1H3,(H,23,27). The van der Waals surface area contributed by atoms with Gasteiger partial charge in [-0.3, -0.25) is 4.79 Å². The van der Waals surface area contributed by atoms with Gasteiger partial charge in [0.15, 0.2) is 0 Å². The number of nitrogens with zero attached hydrogens (tertiary/aromatic N) is 3. The largest absolute Gasteiger partial charge is 0.421 e. The van der Waals surface area contributed by atoms with Crippen LogP contribution in [0.15, 0.2) is 50.4 Å². The molecule has 0 saturated heterocycles. The molecule has 0 aliphatic heterocycles. The van der Waals surface area contributed by atoms with E-state index in [0.29, 0.717) is 23.9 Å². The van der Waals surface area contributed by atoms with Crippen LogP contribution < -0.4 is 5.32 Å². The summed E-state index contributed by atoms with van der Waals surface area (Å²) in [7, 11) is -1.90. The van der Waals surface area contributed by atoms with Crippen LogP contribution in [-0.4, -0.2) is 41.9 Å². The molecule has 2 aromatic heterocycles. The summed E-state index contributed by atoms with van der Waals surface area (Å²) in [6.07, 6.45) is 5.60. The van der Waals surface area contributed by atoms with Gasteiger partial charge in [-0.25, -0.2) is 8.42 Å². The Balaban J connectivity index is 1.31. The first-order chi connectivity index (χ1) is 15.4. The molecule has 170 valence electrons. The minimum Gasteiger partial charge on any atom is -0.421 e. The third-order valence-corrected chi connectivity index (χ3v) is 8.31. The van der Waals surface area contributed by atoms with Gasteiger partial charge in [-0.05, 0) is 48.6 Å². The second-order valence-corrected chi connectivity index (χ2v) is 10.7. The first-order valence-electron chi connectivity index (χ1n) is 10.7. The van der Waals surface area contributed by atoms with E-state index in [4.69, 9.17) is 4.42 Å². The van der Waals surface area contributed by atoms with Gasteiger partial charge in [-0.15, -0.1) is 10.2 Å². The zero-order chi connectivity index (χ0) is 22.6. The number of hydrogen-bond donors (Lipinski definition) is 1. The summed E-state index contributed by atoms with van der Waals surface area (Å²) in [6, 6.07) is 8.25. The van der Waals surface area contributed by atoms with Crippen LogP contribution in [0.5, 0.6) is 0 Å². The monoisotopic (exact) mass is 474 g/mol. The highest BCUT2D eigenvalue weighted by Gasteiger charge is 2.28. The van der Waals surface area contributed by atoms with Gasteiger partial charge in [-0.1, -0.05) is 19.3 Å². The maximum absolute atomic E-state index is 12.9. The highest BCUT2D eigenvalue weighted by Crippen LogP contribution is 2.27. The fourth-order valence-electron chi connectivity index (χ4n) is 3.82. The Morgan fingerprint density at radius 3 is 2.59 bits per heavy atom. The molecule has 8 nitrogen and oxygen atoms in total. The average Bonchev–Trinajstić information content (AvgIpc) is 3.50. The van der Waals surface area contributed by atoms with Crippen LogP contribution in [-0.2, 0) is 21.2 Å². The summed E-state index contributed by atoms with van der Waals surface area (Å²) < 4.78 is 32.9. The van der Waals surface area contributed by atoms with E-state index in [2.05, 4.69) is 15.5 Å². The van der Waals surface area contributed by atoms with Crippen molar-refractivity contribution in [2.75, 3.05) is 12.4 Å². The Bertz CT molecular complexity index is 1140. The number of aryl methyl sites for hydroxylation is 1. The normalized spacial score (nSPS) is 15.2. The molecular weight excluding hydrogens is 448 g/mol. The number of hydrogen-bond acceptors (Lipinski definition) is 7. The number of benzene rings is 1. The summed E-state index contributed by atoms with van der Waals surface area (Å²) in [5, 5.41) is 14.6. The van der Waals surface area contributed by atoms with Crippen molar-refractivity contribution in [1.29, 1.82) is 0 Å². The van der Waals surface area contributed by atoms with E-state index in [0.717, 1.165) is 31.2 Å². The van der Waals surface area contributed by atoms with E-state index < -0.39 is 10.0 Å². The Hall–Kier alpha value is -2.56. The molecule has 1 saturated carbocycles. The van der Waals surface area contributed by atoms with Crippen LogP contribution in [0.1, 0.15) is 44.4 Å². The van der Waals surface area contributed by atoms with E-state index in [9.17, 15) is 13.2 Å². The highest BCUT2D eigenvalue weighted by atomic mass is 32.2. The van der Waals surface area contributed by atoms with Crippen molar-refractivity contribution < 1.29 is 17.6 Å². The van der Waals surface area contributed by atoms with Crippen molar-refractivity contribution in [1.82, 2.24) is 14.5 Å². The molecule has 2 heterocycles. The molecule has 1 aliphatic rings. The van der Waals surface area contributed by atoms with Gasteiger partial charge in [0.2, 0.25) is 27.7 Å².